The van der Waals surface area contributed by atoms with Gasteiger partial charge in [0, 0.05) is 40.3 Å². The van der Waals surface area contributed by atoms with E-state index in [-0.39, 0.29) is 11.1 Å². The number of rotatable bonds is 5. The van der Waals surface area contributed by atoms with E-state index in [1.807, 2.05) is 68.0 Å². The molecule has 2 aromatic carbocycles. The average Bonchev–Trinajstić information content (AvgIpc) is 2.81. The summed E-state index contributed by atoms with van der Waals surface area (Å²) < 4.78 is 8.23. The van der Waals surface area contributed by atoms with Gasteiger partial charge in [0.2, 0.25) is 11.1 Å². The smallest absolute Gasteiger partial charge is 0.235 e. The van der Waals surface area contributed by atoms with E-state index in [1.165, 1.54) is 12.1 Å². The summed E-state index contributed by atoms with van der Waals surface area (Å²) in [6.07, 6.45) is 5.22. The topological polar surface area (TPSA) is 85.4 Å². The second-order valence-electron chi connectivity index (χ2n) is 7.93. The molecular formula is C27H22N2O4. The Morgan fingerprint density at radius 2 is 1.82 bits per heavy atom. The van der Waals surface area contributed by atoms with Crippen molar-refractivity contribution >= 4 is 22.7 Å². The van der Waals surface area contributed by atoms with Crippen molar-refractivity contribution in [3.05, 3.63) is 76.6 Å². The van der Waals surface area contributed by atoms with Crippen LogP contribution in [0.5, 0.6) is 0 Å². The third-order valence-electron chi connectivity index (χ3n) is 5.57. The fourth-order valence-corrected chi connectivity index (χ4v) is 3.96. The molecule has 33 heavy (non-hydrogen) atoms. The second kappa shape index (κ2) is 8.73. The minimum Gasteiger partial charge on any atom is -0.545 e. The van der Waals surface area contributed by atoms with Crippen LogP contribution in [-0.2, 0) is 6.54 Å². The zero-order valence-corrected chi connectivity index (χ0v) is 18.6. The van der Waals surface area contributed by atoms with Crippen LogP contribution >= 0.6 is 0 Å². The number of nitrogens with zero attached hydrogens (tertiary/aromatic N) is 1. The van der Waals surface area contributed by atoms with Gasteiger partial charge in [-0.2, -0.15) is 0 Å². The number of hydrogen-bond acceptors (Lipinski definition) is 5. The molecule has 1 heterocycles. The third-order valence-corrected chi connectivity index (χ3v) is 5.57. The van der Waals surface area contributed by atoms with E-state index in [4.69, 9.17) is 10.8 Å². The Morgan fingerprint density at radius 1 is 1.06 bits per heavy atom. The lowest BCUT2D eigenvalue weighted by Gasteiger charge is -2.19. The molecule has 2 aliphatic rings. The normalized spacial score (nSPS) is 10.8. The summed E-state index contributed by atoms with van der Waals surface area (Å²) in [6, 6.07) is 16.0. The van der Waals surface area contributed by atoms with Crippen molar-refractivity contribution in [2.75, 3.05) is 21.1 Å². The lowest BCUT2D eigenvalue weighted by atomic mass is 9.89. The van der Waals surface area contributed by atoms with Gasteiger partial charge in [0.25, 0.3) is 0 Å². The summed E-state index contributed by atoms with van der Waals surface area (Å²) in [6.45, 7) is 0.657. The zero-order valence-electron chi connectivity index (χ0n) is 18.6. The van der Waals surface area contributed by atoms with E-state index in [2.05, 4.69) is 5.32 Å². The lowest BCUT2D eigenvalue weighted by Crippen LogP contribution is -2.24. The van der Waals surface area contributed by atoms with Crippen LogP contribution in [0.4, 0.5) is 0 Å². The van der Waals surface area contributed by atoms with Gasteiger partial charge in [0.1, 0.15) is 25.4 Å². The van der Waals surface area contributed by atoms with Crippen LogP contribution < -0.4 is 20.4 Å². The number of carboxylic acid groups (broad SMARTS) is 1. The van der Waals surface area contributed by atoms with E-state index in [1.54, 1.807) is 6.07 Å². The van der Waals surface area contributed by atoms with Gasteiger partial charge in [-0.15, -0.1) is 6.42 Å². The molecule has 0 saturated heterocycles. The molecule has 0 aromatic heterocycles. The van der Waals surface area contributed by atoms with Gasteiger partial charge in [-0.1, -0.05) is 18.2 Å². The minimum atomic E-state index is -1.39. The molecule has 164 valence electrons. The molecule has 1 N–H and O–H groups in total. The zero-order chi connectivity index (χ0) is 23.7. The van der Waals surface area contributed by atoms with E-state index in [0.717, 1.165) is 21.9 Å². The number of carbonyl (C=O) groups excluding carboxylic acids is 2. The number of fused-ring (bicyclic) bond motifs is 2. The molecular weight excluding hydrogens is 416 g/mol. The van der Waals surface area contributed by atoms with Gasteiger partial charge in [-0.05, 0) is 48.4 Å². The van der Waals surface area contributed by atoms with Crippen molar-refractivity contribution < 1.29 is 19.1 Å². The Kier molecular flexibility index (Phi) is 5.82. The monoisotopic (exact) mass is 438 g/mol. The van der Waals surface area contributed by atoms with Crippen molar-refractivity contribution in [3.63, 3.8) is 0 Å². The molecule has 0 unspecified atom stereocenters. The Morgan fingerprint density at radius 3 is 2.48 bits per heavy atom. The molecule has 0 amide bonds. The summed E-state index contributed by atoms with van der Waals surface area (Å²) in [5, 5.41) is 16.9. The van der Waals surface area contributed by atoms with E-state index < -0.39 is 11.8 Å². The molecule has 4 rings (SSSR count). The summed E-state index contributed by atoms with van der Waals surface area (Å²) in [7, 11) is 5.73. The van der Waals surface area contributed by atoms with Crippen molar-refractivity contribution in [1.29, 1.82) is 0 Å². The molecule has 6 heteroatoms. The maximum Gasteiger partial charge on any atom is 0.235 e. The van der Waals surface area contributed by atoms with E-state index in [9.17, 15) is 14.7 Å². The van der Waals surface area contributed by atoms with Crippen LogP contribution in [0.25, 0.3) is 33.4 Å². The fourth-order valence-electron chi connectivity index (χ4n) is 3.96. The van der Waals surface area contributed by atoms with Crippen molar-refractivity contribution in [2.24, 2.45) is 0 Å². The molecule has 6 nitrogen and oxygen atoms in total. The van der Waals surface area contributed by atoms with Crippen LogP contribution in [0.2, 0.25) is 0 Å². The van der Waals surface area contributed by atoms with Crippen LogP contribution in [-0.4, -0.2) is 32.9 Å². The van der Waals surface area contributed by atoms with Gasteiger partial charge in [0.05, 0.1) is 12.0 Å². The van der Waals surface area contributed by atoms with Crippen LogP contribution in [0, 0.1) is 12.3 Å². The van der Waals surface area contributed by atoms with Gasteiger partial charge < -0.3 is 19.6 Å². The third kappa shape index (κ3) is 4.02. The Balaban J connectivity index is 2.13. The SMILES string of the molecule is C#CC(=O)c1ccc(-c2c3ccc(=[N+](C)C)cc-3oc3cc(CNC)ccc23)c(C(=O)[O-])c1. The van der Waals surface area contributed by atoms with Crippen LogP contribution in [0.3, 0.4) is 0 Å². The summed E-state index contributed by atoms with van der Waals surface area (Å²) in [5.74, 6) is 0.651. The first-order valence-electron chi connectivity index (χ1n) is 10.3. The Hall–Kier alpha value is -4.21. The number of carboxylic acids is 1. The first kappa shape index (κ1) is 22.0. The van der Waals surface area contributed by atoms with Gasteiger partial charge >= 0.3 is 0 Å². The maximum absolute atomic E-state index is 12.1. The highest BCUT2D eigenvalue weighted by atomic mass is 16.4. The summed E-state index contributed by atoms with van der Waals surface area (Å²) in [5.41, 5.74) is 3.52. The number of carbonyl (C=O) groups is 2. The van der Waals surface area contributed by atoms with Gasteiger partial charge in [-0.25, -0.2) is 4.58 Å². The highest BCUT2D eigenvalue weighted by molar-refractivity contribution is 6.12. The van der Waals surface area contributed by atoms with Crippen molar-refractivity contribution in [2.45, 2.75) is 6.54 Å². The molecule has 0 spiro atoms. The van der Waals surface area contributed by atoms with Crippen molar-refractivity contribution in [3.8, 4) is 34.8 Å². The predicted molar refractivity (Wildman–Crippen MR) is 126 cm³/mol. The largest absolute Gasteiger partial charge is 0.545 e. The predicted octanol–water partition coefficient (Wildman–Crippen LogP) is 2.14. The molecule has 0 bridgehead atoms. The molecule has 2 aromatic rings. The minimum absolute atomic E-state index is 0.110. The van der Waals surface area contributed by atoms with Gasteiger partial charge in [-0.3, -0.25) is 4.79 Å². The van der Waals surface area contributed by atoms with E-state index >= 15 is 0 Å². The Labute approximate surface area is 191 Å². The molecule has 0 radical (unpaired) electrons. The lowest BCUT2D eigenvalue weighted by molar-refractivity contribution is -0.254. The number of nitrogens with one attached hydrogen (secondary N) is 1. The highest BCUT2D eigenvalue weighted by Gasteiger charge is 2.21. The first-order chi connectivity index (χ1) is 15.8. The average molecular weight is 438 g/mol. The number of benzene rings is 3. The first-order valence-corrected chi connectivity index (χ1v) is 10.3. The second-order valence-corrected chi connectivity index (χ2v) is 7.93. The van der Waals surface area contributed by atoms with Crippen molar-refractivity contribution in [1.82, 2.24) is 9.89 Å². The van der Waals surface area contributed by atoms with Crippen LogP contribution in [0.15, 0.2) is 59.0 Å². The molecule has 1 aliphatic heterocycles. The maximum atomic E-state index is 12.1. The summed E-state index contributed by atoms with van der Waals surface area (Å²) >= 11 is 0. The van der Waals surface area contributed by atoms with E-state index in [0.29, 0.717) is 29.0 Å². The number of terminal acetylenes is 1. The molecule has 1 aliphatic carbocycles. The quantitative estimate of drug-likeness (QED) is 0.170. The number of aromatic carboxylic acids is 1. The molecule has 0 atom stereocenters. The fraction of sp³-hybridized carbons (Fsp3) is 0.148. The Bertz CT molecular complexity index is 1500. The number of hydrogen-bond donors (Lipinski definition) is 1. The summed E-state index contributed by atoms with van der Waals surface area (Å²) in [4.78, 5) is 24.1. The molecule has 0 saturated carbocycles. The number of ketones is 1. The highest BCUT2D eigenvalue weighted by Crippen LogP contribution is 2.41. The standard InChI is InChI=1S/C27H22N2O4/c1-5-23(30)17-7-10-19(22(13-17)27(31)32)26-20-9-6-16(15-28-2)12-24(20)33-25-14-18(29(3)4)8-11-21(25)26/h1,6-14,28H,15H2,2-4H3. The molecule has 0 fully saturated rings. The van der Waals surface area contributed by atoms with Crippen LogP contribution in [0.1, 0.15) is 26.3 Å². The number of Topliss-reactive ketones (excluding diaryl/α,β-unsaturated/α-hetero) is 1. The van der Waals surface area contributed by atoms with Gasteiger partial charge in [0.15, 0.2) is 0 Å².